The molecule has 1 saturated heterocycles. The van der Waals surface area contributed by atoms with Crippen molar-refractivity contribution in [2.75, 3.05) is 18.0 Å². The Morgan fingerprint density at radius 1 is 1.09 bits per heavy atom. The summed E-state index contributed by atoms with van der Waals surface area (Å²) in [7, 11) is -4.41. The Bertz CT molecular complexity index is 1180. The van der Waals surface area contributed by atoms with E-state index in [0.717, 1.165) is 18.3 Å². The first-order chi connectivity index (χ1) is 15.1. The van der Waals surface area contributed by atoms with Crippen LogP contribution < -0.4 is 15.8 Å². The second kappa shape index (κ2) is 8.44. The van der Waals surface area contributed by atoms with Gasteiger partial charge in [-0.3, -0.25) is 4.79 Å². The summed E-state index contributed by atoms with van der Waals surface area (Å²) in [6.07, 6.45) is -8.87. The first-order valence-electron chi connectivity index (χ1n) is 9.31. The number of hydrogen-bond acceptors (Lipinski definition) is 6. The Labute approximate surface area is 183 Å². The number of sulfonamides is 1. The van der Waals surface area contributed by atoms with E-state index >= 15 is 0 Å². The Kier molecular flexibility index (Phi) is 6.32. The zero-order valence-electron chi connectivity index (χ0n) is 16.6. The quantitative estimate of drug-likeness (QED) is 0.625. The van der Waals surface area contributed by atoms with Gasteiger partial charge in [0.1, 0.15) is 5.82 Å². The van der Waals surface area contributed by atoms with Crippen molar-refractivity contribution in [2.45, 2.75) is 30.2 Å². The highest BCUT2D eigenvalue weighted by atomic mass is 32.2. The zero-order chi connectivity index (χ0) is 24.8. The molecule has 180 valence electrons. The van der Waals surface area contributed by atoms with Crippen LogP contribution in [0, 0.1) is 5.92 Å². The van der Waals surface area contributed by atoms with E-state index in [1.807, 2.05) is 0 Å². The molecule has 8 nitrogen and oxygen atoms in total. The number of pyridine rings is 2. The Balaban J connectivity index is 2.21. The van der Waals surface area contributed by atoms with Crippen LogP contribution in [0.15, 0.2) is 29.6 Å². The molecule has 0 atom stereocenters. The number of piperidine rings is 1. The molecule has 0 saturated carbocycles. The second-order valence-electron chi connectivity index (χ2n) is 7.34. The fourth-order valence-corrected chi connectivity index (χ4v) is 4.13. The summed E-state index contributed by atoms with van der Waals surface area (Å²) in [5.41, 5.74) is 2.12. The number of primary sulfonamides is 1. The molecule has 33 heavy (non-hydrogen) atoms. The van der Waals surface area contributed by atoms with Crippen molar-refractivity contribution < 1.29 is 39.6 Å². The van der Waals surface area contributed by atoms with Gasteiger partial charge in [-0.1, -0.05) is 0 Å². The lowest BCUT2D eigenvalue weighted by molar-refractivity contribution is -0.179. The third-order valence-corrected chi connectivity index (χ3v) is 5.99. The van der Waals surface area contributed by atoms with E-state index in [9.17, 15) is 39.6 Å². The first-order valence-corrected chi connectivity index (χ1v) is 10.9. The maximum atomic E-state index is 13.8. The van der Waals surface area contributed by atoms with Gasteiger partial charge < -0.3 is 10.6 Å². The molecule has 1 aliphatic rings. The minimum Gasteiger partial charge on any atom is -0.365 e. The molecule has 1 amide bonds. The number of carbonyl (C=O) groups is 1. The SMILES string of the molecule is NC(=O)c1c(N2CCC(C(F)(F)F)CC2)ncc(C(F)(F)F)c1-c1ccnc(S(N)(=O)=O)c1. The third kappa shape index (κ3) is 5.19. The standard InChI is InChI=1S/C18H17F6N5O3S/c19-17(20,21)10-2-5-29(6-3-10)16-14(15(25)30)13(11(8-28-16)18(22,23)24)9-1-4-27-12(7-9)33(26,31)32/h1,4,7-8,10H,2-3,5-6H2,(H2,25,30)(H2,26,31,32). The minimum atomic E-state index is -5.03. The van der Waals surface area contributed by atoms with Crippen LogP contribution in [0.1, 0.15) is 28.8 Å². The number of rotatable bonds is 4. The first kappa shape index (κ1) is 24.7. The number of hydrogen-bond donors (Lipinski definition) is 2. The molecular formula is C18H17F6N5O3S. The van der Waals surface area contributed by atoms with Crippen LogP contribution in [0.25, 0.3) is 11.1 Å². The van der Waals surface area contributed by atoms with Gasteiger partial charge in [-0.05, 0) is 30.5 Å². The third-order valence-electron chi connectivity index (χ3n) is 5.18. The number of carbonyl (C=O) groups excluding carboxylic acids is 1. The average Bonchev–Trinajstić information content (AvgIpc) is 2.71. The molecule has 3 rings (SSSR count). The molecule has 15 heteroatoms. The van der Waals surface area contributed by atoms with Crippen molar-refractivity contribution in [1.82, 2.24) is 9.97 Å². The molecule has 0 aliphatic carbocycles. The van der Waals surface area contributed by atoms with Crippen molar-refractivity contribution in [3.05, 3.63) is 35.7 Å². The number of nitrogens with zero attached hydrogens (tertiary/aromatic N) is 3. The summed E-state index contributed by atoms with van der Waals surface area (Å²) in [5.74, 6) is -3.26. The van der Waals surface area contributed by atoms with E-state index in [1.54, 1.807) is 0 Å². The van der Waals surface area contributed by atoms with Gasteiger partial charge in [0.05, 0.1) is 17.0 Å². The molecule has 1 fully saturated rings. The van der Waals surface area contributed by atoms with Crippen molar-refractivity contribution in [3.63, 3.8) is 0 Å². The van der Waals surface area contributed by atoms with Crippen LogP contribution in [0.5, 0.6) is 0 Å². The highest BCUT2D eigenvalue weighted by Gasteiger charge is 2.43. The average molecular weight is 497 g/mol. The van der Waals surface area contributed by atoms with Crippen LogP contribution >= 0.6 is 0 Å². The van der Waals surface area contributed by atoms with E-state index in [4.69, 9.17) is 10.9 Å². The smallest absolute Gasteiger partial charge is 0.365 e. The van der Waals surface area contributed by atoms with Crippen LogP contribution in [-0.2, 0) is 16.2 Å². The highest BCUT2D eigenvalue weighted by Crippen LogP contribution is 2.42. The van der Waals surface area contributed by atoms with Gasteiger partial charge in [0.15, 0.2) is 5.03 Å². The number of aromatic nitrogens is 2. The molecule has 2 aromatic rings. The fraction of sp³-hybridized carbons (Fsp3) is 0.389. The van der Waals surface area contributed by atoms with Crippen LogP contribution in [0.2, 0.25) is 0 Å². The van der Waals surface area contributed by atoms with Gasteiger partial charge in [0, 0.05) is 31.0 Å². The monoisotopic (exact) mass is 497 g/mol. The molecule has 0 unspecified atom stereocenters. The molecule has 0 radical (unpaired) electrons. The Hall–Kier alpha value is -2.94. The number of nitrogens with two attached hydrogens (primary N) is 2. The summed E-state index contributed by atoms with van der Waals surface area (Å²) in [6, 6.07) is 1.76. The molecule has 0 aromatic carbocycles. The fourth-order valence-electron chi connectivity index (χ4n) is 3.63. The van der Waals surface area contributed by atoms with E-state index in [2.05, 4.69) is 9.97 Å². The molecule has 4 N–H and O–H groups in total. The van der Waals surface area contributed by atoms with Crippen LogP contribution in [0.4, 0.5) is 32.2 Å². The zero-order valence-corrected chi connectivity index (χ0v) is 17.4. The van der Waals surface area contributed by atoms with Crippen molar-refractivity contribution in [2.24, 2.45) is 16.8 Å². The predicted octanol–water partition coefficient (Wildman–Crippen LogP) is 2.69. The molecule has 0 spiro atoms. The summed E-state index contributed by atoms with van der Waals surface area (Å²) in [6.45, 7) is -0.470. The highest BCUT2D eigenvalue weighted by molar-refractivity contribution is 7.89. The van der Waals surface area contributed by atoms with Crippen molar-refractivity contribution in [3.8, 4) is 11.1 Å². The Morgan fingerprint density at radius 3 is 2.18 bits per heavy atom. The van der Waals surface area contributed by atoms with Gasteiger partial charge in [0.2, 0.25) is 0 Å². The number of amides is 1. The van der Waals surface area contributed by atoms with Gasteiger partial charge in [-0.15, -0.1) is 0 Å². The maximum Gasteiger partial charge on any atom is 0.418 e. The van der Waals surface area contributed by atoms with Gasteiger partial charge in [0.25, 0.3) is 15.9 Å². The Morgan fingerprint density at radius 2 is 1.70 bits per heavy atom. The largest absolute Gasteiger partial charge is 0.418 e. The second-order valence-corrected chi connectivity index (χ2v) is 8.85. The van der Waals surface area contributed by atoms with Crippen molar-refractivity contribution in [1.29, 1.82) is 0 Å². The number of primary amides is 1. The van der Waals surface area contributed by atoms with E-state index in [-0.39, 0.29) is 37.3 Å². The molecule has 2 aromatic heterocycles. The number of halogens is 6. The van der Waals surface area contributed by atoms with Gasteiger partial charge >= 0.3 is 12.4 Å². The normalized spacial score (nSPS) is 16.2. The molecule has 1 aliphatic heterocycles. The molecule has 3 heterocycles. The van der Waals surface area contributed by atoms with Crippen LogP contribution in [0.3, 0.4) is 0 Å². The lowest BCUT2D eigenvalue weighted by Gasteiger charge is -2.35. The maximum absolute atomic E-state index is 13.8. The molecular weight excluding hydrogens is 480 g/mol. The topological polar surface area (TPSA) is 132 Å². The van der Waals surface area contributed by atoms with Crippen molar-refractivity contribution >= 4 is 21.7 Å². The lowest BCUT2D eigenvalue weighted by Crippen LogP contribution is -2.40. The van der Waals surface area contributed by atoms with E-state index < -0.39 is 55.9 Å². The molecule has 0 bridgehead atoms. The number of anilines is 1. The van der Waals surface area contributed by atoms with E-state index in [1.165, 1.54) is 4.90 Å². The summed E-state index contributed by atoms with van der Waals surface area (Å²) in [5, 5.41) is 4.25. The summed E-state index contributed by atoms with van der Waals surface area (Å²) < 4.78 is 104. The summed E-state index contributed by atoms with van der Waals surface area (Å²) >= 11 is 0. The summed E-state index contributed by atoms with van der Waals surface area (Å²) in [4.78, 5) is 20.7. The van der Waals surface area contributed by atoms with Crippen LogP contribution in [-0.4, -0.2) is 43.6 Å². The van der Waals surface area contributed by atoms with Gasteiger partial charge in [-0.25, -0.2) is 23.5 Å². The van der Waals surface area contributed by atoms with Gasteiger partial charge in [-0.2, -0.15) is 26.3 Å². The number of alkyl halides is 6. The predicted molar refractivity (Wildman–Crippen MR) is 103 cm³/mol. The van der Waals surface area contributed by atoms with E-state index in [0.29, 0.717) is 6.20 Å². The lowest BCUT2D eigenvalue weighted by atomic mass is 9.93. The minimum absolute atomic E-state index is 0.235.